The van der Waals surface area contributed by atoms with Crippen molar-refractivity contribution >= 4 is 23.2 Å². The van der Waals surface area contributed by atoms with Gasteiger partial charge in [0.15, 0.2) is 0 Å². The molecule has 1 saturated carbocycles. The quantitative estimate of drug-likeness (QED) is 0.781. The van der Waals surface area contributed by atoms with Gasteiger partial charge >= 0.3 is 5.97 Å². The van der Waals surface area contributed by atoms with Gasteiger partial charge in [0.1, 0.15) is 23.0 Å². The van der Waals surface area contributed by atoms with Crippen molar-refractivity contribution in [2.45, 2.75) is 32.2 Å². The molecule has 7 heteroatoms. The number of carbonyl (C=O) groups excluding carboxylic acids is 1. The number of aliphatic carboxylic acids is 1. The van der Waals surface area contributed by atoms with E-state index in [9.17, 15) is 9.59 Å². The summed E-state index contributed by atoms with van der Waals surface area (Å²) in [5, 5.41) is 11.4. The van der Waals surface area contributed by atoms with Gasteiger partial charge in [-0.2, -0.15) is 0 Å². The summed E-state index contributed by atoms with van der Waals surface area (Å²) in [6.07, 6.45) is 2.66. The van der Waals surface area contributed by atoms with Crippen LogP contribution in [0, 0.1) is 0 Å². The van der Waals surface area contributed by atoms with E-state index in [2.05, 4.69) is 11.9 Å². The van der Waals surface area contributed by atoms with E-state index in [0.29, 0.717) is 12.3 Å². The largest absolute Gasteiger partial charge is 0.494 e. The van der Waals surface area contributed by atoms with Crippen molar-refractivity contribution in [2.24, 2.45) is 0 Å². The Kier molecular flexibility index (Phi) is 5.33. The van der Waals surface area contributed by atoms with Crippen LogP contribution in [0.2, 0.25) is 0 Å². The Hall–Kier alpha value is -2.41. The second kappa shape index (κ2) is 7.65. The smallest absolute Gasteiger partial charge is 0.323 e. The van der Waals surface area contributed by atoms with E-state index in [1.807, 2.05) is 24.3 Å². The average Bonchev–Trinajstić information content (AvgIpc) is 3.33. The zero-order valence-electron chi connectivity index (χ0n) is 14.0. The van der Waals surface area contributed by atoms with Gasteiger partial charge in [-0.25, -0.2) is 4.98 Å². The normalized spacial score (nSPS) is 13.5. The highest BCUT2D eigenvalue weighted by Gasteiger charge is 2.35. The maximum Gasteiger partial charge on any atom is 0.323 e. The van der Waals surface area contributed by atoms with Crippen LogP contribution in [0.4, 0.5) is 0 Å². The fourth-order valence-corrected chi connectivity index (χ4v) is 3.26. The highest BCUT2D eigenvalue weighted by atomic mass is 32.1. The number of nitrogens with zero attached hydrogens (tertiary/aromatic N) is 2. The fraction of sp³-hybridized carbons (Fsp3) is 0.389. The van der Waals surface area contributed by atoms with Crippen molar-refractivity contribution in [2.75, 3.05) is 13.2 Å². The lowest BCUT2D eigenvalue weighted by atomic mass is 10.2. The van der Waals surface area contributed by atoms with Crippen LogP contribution >= 0.6 is 11.3 Å². The summed E-state index contributed by atoms with van der Waals surface area (Å²) < 4.78 is 5.56. The third kappa shape index (κ3) is 4.36. The molecule has 132 valence electrons. The molecule has 1 fully saturated rings. The monoisotopic (exact) mass is 360 g/mol. The van der Waals surface area contributed by atoms with Gasteiger partial charge in [-0.1, -0.05) is 6.92 Å². The first-order chi connectivity index (χ1) is 12.1. The van der Waals surface area contributed by atoms with Gasteiger partial charge < -0.3 is 14.7 Å². The van der Waals surface area contributed by atoms with Crippen LogP contribution in [0.25, 0.3) is 10.6 Å². The highest BCUT2D eigenvalue weighted by Crippen LogP contribution is 2.30. The topological polar surface area (TPSA) is 79.7 Å². The minimum absolute atomic E-state index is 0.0312. The first-order valence-electron chi connectivity index (χ1n) is 8.30. The number of amides is 1. The standard InChI is InChI=1S/C18H20N2O4S/c1-2-9-24-14-7-3-12(4-8-14)17-19-15(11-25-17)18(23)20(10-16(21)22)13-5-6-13/h3-4,7-8,11,13H,2,5-6,9-10H2,1H3,(H,21,22). The molecule has 1 aromatic carbocycles. The molecule has 0 unspecified atom stereocenters. The first kappa shape index (κ1) is 17.4. The van der Waals surface area contributed by atoms with E-state index in [-0.39, 0.29) is 18.5 Å². The van der Waals surface area contributed by atoms with Crippen LogP contribution in [0.5, 0.6) is 5.75 Å². The lowest BCUT2D eigenvalue weighted by molar-refractivity contribution is -0.137. The summed E-state index contributed by atoms with van der Waals surface area (Å²) in [7, 11) is 0. The summed E-state index contributed by atoms with van der Waals surface area (Å²) in [5.41, 5.74) is 1.21. The molecular weight excluding hydrogens is 340 g/mol. The minimum atomic E-state index is -1.00. The third-order valence-electron chi connectivity index (χ3n) is 3.85. The minimum Gasteiger partial charge on any atom is -0.494 e. The number of ether oxygens (including phenoxy) is 1. The van der Waals surface area contributed by atoms with Crippen LogP contribution in [-0.2, 0) is 4.79 Å². The lowest BCUT2D eigenvalue weighted by Crippen LogP contribution is -2.37. The molecule has 0 atom stereocenters. The van der Waals surface area contributed by atoms with Crippen LogP contribution < -0.4 is 4.74 Å². The van der Waals surface area contributed by atoms with Crippen LogP contribution in [0.15, 0.2) is 29.6 Å². The van der Waals surface area contributed by atoms with E-state index in [1.165, 1.54) is 16.2 Å². The average molecular weight is 360 g/mol. The van der Waals surface area contributed by atoms with Gasteiger partial charge in [-0.3, -0.25) is 9.59 Å². The molecular formula is C18H20N2O4S. The molecule has 1 aliphatic rings. The molecule has 1 heterocycles. The summed E-state index contributed by atoms with van der Waals surface area (Å²) in [6.45, 7) is 2.45. The van der Waals surface area contributed by atoms with Gasteiger partial charge in [0, 0.05) is 17.0 Å². The summed E-state index contributed by atoms with van der Waals surface area (Å²) in [6, 6.07) is 7.62. The predicted molar refractivity (Wildman–Crippen MR) is 95.0 cm³/mol. The summed E-state index contributed by atoms with van der Waals surface area (Å²) >= 11 is 1.38. The highest BCUT2D eigenvalue weighted by molar-refractivity contribution is 7.13. The molecule has 0 saturated heterocycles. The molecule has 1 N–H and O–H groups in total. The Bertz CT molecular complexity index is 753. The van der Waals surface area contributed by atoms with Crippen molar-refractivity contribution in [3.63, 3.8) is 0 Å². The Balaban J connectivity index is 1.72. The number of hydrogen-bond acceptors (Lipinski definition) is 5. The number of carbonyl (C=O) groups is 2. The van der Waals surface area contributed by atoms with Gasteiger partial charge in [0.2, 0.25) is 0 Å². The van der Waals surface area contributed by atoms with E-state index in [4.69, 9.17) is 9.84 Å². The number of rotatable bonds is 8. The Morgan fingerprint density at radius 3 is 2.64 bits per heavy atom. The van der Waals surface area contributed by atoms with Crippen molar-refractivity contribution in [1.82, 2.24) is 9.88 Å². The molecule has 25 heavy (non-hydrogen) atoms. The second-order valence-corrected chi connectivity index (χ2v) is 6.83. The second-order valence-electron chi connectivity index (χ2n) is 5.97. The zero-order chi connectivity index (χ0) is 17.8. The molecule has 2 aromatic rings. The predicted octanol–water partition coefficient (Wildman–Crippen LogP) is 3.29. The van der Waals surface area contributed by atoms with Crippen LogP contribution in [-0.4, -0.2) is 46.1 Å². The summed E-state index contributed by atoms with van der Waals surface area (Å²) in [5.74, 6) is -0.506. The molecule has 1 amide bonds. The molecule has 3 rings (SSSR count). The number of thiazole rings is 1. The zero-order valence-corrected chi connectivity index (χ0v) is 14.8. The molecule has 1 aromatic heterocycles. The van der Waals surface area contributed by atoms with Crippen LogP contribution in [0.1, 0.15) is 36.7 Å². The summed E-state index contributed by atoms with van der Waals surface area (Å²) in [4.78, 5) is 29.4. The lowest BCUT2D eigenvalue weighted by Gasteiger charge is -2.18. The van der Waals surface area contributed by atoms with Crippen LogP contribution in [0.3, 0.4) is 0 Å². The maximum absolute atomic E-state index is 12.6. The Morgan fingerprint density at radius 1 is 1.32 bits per heavy atom. The van der Waals surface area contributed by atoms with Gasteiger partial charge in [0.05, 0.1) is 6.61 Å². The maximum atomic E-state index is 12.6. The van der Waals surface area contributed by atoms with Gasteiger partial charge in [0.25, 0.3) is 5.91 Å². The van der Waals surface area contributed by atoms with Crippen molar-refractivity contribution in [1.29, 1.82) is 0 Å². The van der Waals surface area contributed by atoms with E-state index >= 15 is 0 Å². The number of aromatic nitrogens is 1. The molecule has 0 bridgehead atoms. The van der Waals surface area contributed by atoms with E-state index in [1.54, 1.807) is 5.38 Å². The SMILES string of the molecule is CCCOc1ccc(-c2nc(C(=O)N(CC(=O)O)C3CC3)cs2)cc1. The number of carboxylic acid groups (broad SMARTS) is 1. The molecule has 0 radical (unpaired) electrons. The molecule has 6 nitrogen and oxygen atoms in total. The number of benzene rings is 1. The van der Waals surface area contributed by atoms with Crippen molar-refractivity contribution in [3.05, 3.63) is 35.3 Å². The van der Waals surface area contributed by atoms with Gasteiger partial charge in [-0.05, 0) is 43.5 Å². The van der Waals surface area contributed by atoms with Crippen molar-refractivity contribution in [3.8, 4) is 16.3 Å². The number of carboxylic acids is 1. The van der Waals surface area contributed by atoms with E-state index in [0.717, 1.165) is 35.6 Å². The Morgan fingerprint density at radius 2 is 2.04 bits per heavy atom. The number of hydrogen-bond donors (Lipinski definition) is 1. The van der Waals surface area contributed by atoms with Crippen molar-refractivity contribution < 1.29 is 19.4 Å². The molecule has 0 aliphatic heterocycles. The fourth-order valence-electron chi connectivity index (χ4n) is 2.46. The van der Waals surface area contributed by atoms with E-state index < -0.39 is 5.97 Å². The molecule has 1 aliphatic carbocycles. The van der Waals surface area contributed by atoms with Gasteiger partial charge in [-0.15, -0.1) is 11.3 Å². The third-order valence-corrected chi connectivity index (χ3v) is 4.74. The molecule has 0 spiro atoms. The first-order valence-corrected chi connectivity index (χ1v) is 9.18. The Labute approximate surface area is 150 Å².